The lowest BCUT2D eigenvalue weighted by Gasteiger charge is -2.11. The van der Waals surface area contributed by atoms with E-state index in [-0.39, 0.29) is 0 Å². The van der Waals surface area contributed by atoms with E-state index in [0.717, 1.165) is 11.4 Å². The number of methoxy groups -OCH3 is 1. The van der Waals surface area contributed by atoms with Crippen molar-refractivity contribution in [2.45, 2.75) is 13.5 Å². The molecule has 0 saturated heterocycles. The molecule has 1 heterocycles. The molecule has 6 nitrogen and oxygen atoms in total. The summed E-state index contributed by atoms with van der Waals surface area (Å²) in [6.07, 6.45) is 1.57. The van der Waals surface area contributed by atoms with Crippen molar-refractivity contribution >= 4 is 17.5 Å². The van der Waals surface area contributed by atoms with E-state index < -0.39 is 0 Å². The molecule has 3 rings (SSSR count). The number of aromatic nitrogens is 3. The van der Waals surface area contributed by atoms with E-state index in [1.165, 1.54) is 11.1 Å². The van der Waals surface area contributed by atoms with Crippen molar-refractivity contribution in [2.24, 2.45) is 0 Å². The lowest BCUT2D eigenvalue weighted by molar-refractivity contribution is 0.417. The van der Waals surface area contributed by atoms with Gasteiger partial charge < -0.3 is 15.4 Å². The first kappa shape index (κ1) is 15.7. The molecule has 0 saturated carbocycles. The van der Waals surface area contributed by atoms with Crippen molar-refractivity contribution in [2.75, 3.05) is 17.7 Å². The molecule has 0 fully saturated rings. The van der Waals surface area contributed by atoms with Gasteiger partial charge in [0.2, 0.25) is 5.95 Å². The summed E-state index contributed by atoms with van der Waals surface area (Å²) in [5.41, 5.74) is 3.21. The summed E-state index contributed by atoms with van der Waals surface area (Å²) in [6, 6.07) is 15.9. The third kappa shape index (κ3) is 3.98. The number of ether oxygens (including phenoxy) is 1. The van der Waals surface area contributed by atoms with Crippen LogP contribution in [0.5, 0.6) is 5.75 Å². The molecule has 122 valence electrons. The van der Waals surface area contributed by atoms with Gasteiger partial charge in [0.25, 0.3) is 0 Å². The van der Waals surface area contributed by atoms with Crippen LogP contribution < -0.4 is 15.4 Å². The largest absolute Gasteiger partial charge is 0.495 e. The number of rotatable bonds is 6. The van der Waals surface area contributed by atoms with Crippen LogP contribution in [0.2, 0.25) is 0 Å². The Labute approximate surface area is 140 Å². The van der Waals surface area contributed by atoms with Gasteiger partial charge in [-0.25, -0.2) is 0 Å². The van der Waals surface area contributed by atoms with E-state index in [2.05, 4.69) is 50.9 Å². The van der Waals surface area contributed by atoms with Gasteiger partial charge in [-0.2, -0.15) is 10.1 Å². The topological polar surface area (TPSA) is 72.0 Å². The van der Waals surface area contributed by atoms with Crippen LogP contribution in [0.15, 0.2) is 54.7 Å². The van der Waals surface area contributed by atoms with Crippen molar-refractivity contribution < 1.29 is 4.74 Å². The molecule has 2 N–H and O–H groups in total. The zero-order valence-electron chi connectivity index (χ0n) is 13.7. The Morgan fingerprint density at radius 2 is 1.96 bits per heavy atom. The first-order valence-electron chi connectivity index (χ1n) is 7.64. The van der Waals surface area contributed by atoms with Crippen molar-refractivity contribution in [3.8, 4) is 5.75 Å². The standard InChI is InChI=1S/C18H19N5O/c1-13-6-5-7-14(10-13)11-19-18-22-17(12-20-23-18)21-15-8-3-4-9-16(15)24-2/h3-10,12H,11H2,1-2H3,(H2,19,21,22,23). The van der Waals surface area contributed by atoms with Crippen LogP contribution in [0.3, 0.4) is 0 Å². The highest BCUT2D eigenvalue weighted by molar-refractivity contribution is 5.63. The van der Waals surface area contributed by atoms with Gasteiger partial charge >= 0.3 is 0 Å². The van der Waals surface area contributed by atoms with E-state index in [9.17, 15) is 0 Å². The molecular weight excluding hydrogens is 302 g/mol. The molecule has 1 aromatic heterocycles. The molecule has 0 aliphatic heterocycles. The van der Waals surface area contributed by atoms with Gasteiger partial charge in [0, 0.05) is 6.54 Å². The summed E-state index contributed by atoms with van der Waals surface area (Å²) in [5, 5.41) is 14.4. The summed E-state index contributed by atoms with van der Waals surface area (Å²) >= 11 is 0. The molecule has 6 heteroatoms. The van der Waals surface area contributed by atoms with Crippen LogP contribution in [-0.2, 0) is 6.54 Å². The Morgan fingerprint density at radius 3 is 2.79 bits per heavy atom. The number of benzene rings is 2. The van der Waals surface area contributed by atoms with E-state index in [4.69, 9.17) is 4.74 Å². The molecule has 3 aromatic rings. The fourth-order valence-corrected chi connectivity index (χ4v) is 2.33. The van der Waals surface area contributed by atoms with Crippen LogP contribution in [0.1, 0.15) is 11.1 Å². The van der Waals surface area contributed by atoms with Gasteiger partial charge in [0.15, 0.2) is 5.82 Å². The molecule has 24 heavy (non-hydrogen) atoms. The second-order valence-corrected chi connectivity index (χ2v) is 5.33. The van der Waals surface area contributed by atoms with Crippen LogP contribution in [0, 0.1) is 6.92 Å². The van der Waals surface area contributed by atoms with Crippen molar-refractivity contribution in [3.63, 3.8) is 0 Å². The lowest BCUT2D eigenvalue weighted by Crippen LogP contribution is -2.06. The molecule has 0 bridgehead atoms. The SMILES string of the molecule is COc1ccccc1Nc1cnnc(NCc2cccc(C)c2)n1. The van der Waals surface area contributed by atoms with E-state index in [1.54, 1.807) is 13.3 Å². The monoisotopic (exact) mass is 321 g/mol. The first-order valence-corrected chi connectivity index (χ1v) is 7.64. The molecule has 2 aromatic carbocycles. The smallest absolute Gasteiger partial charge is 0.244 e. The normalized spacial score (nSPS) is 10.2. The Kier molecular flexibility index (Phi) is 4.86. The van der Waals surface area contributed by atoms with Crippen LogP contribution in [0.4, 0.5) is 17.5 Å². The third-order valence-corrected chi connectivity index (χ3v) is 3.46. The van der Waals surface area contributed by atoms with Crippen LogP contribution >= 0.6 is 0 Å². The average Bonchev–Trinajstić information content (AvgIpc) is 2.61. The summed E-state index contributed by atoms with van der Waals surface area (Å²) in [5.74, 6) is 1.81. The van der Waals surface area contributed by atoms with Gasteiger partial charge in [0.05, 0.1) is 19.0 Å². The van der Waals surface area contributed by atoms with E-state index in [0.29, 0.717) is 18.3 Å². The van der Waals surface area contributed by atoms with Gasteiger partial charge in [-0.05, 0) is 24.6 Å². The minimum atomic E-state index is 0.469. The first-order chi connectivity index (χ1) is 11.7. The van der Waals surface area contributed by atoms with Crippen LogP contribution in [0.25, 0.3) is 0 Å². The summed E-state index contributed by atoms with van der Waals surface area (Å²) in [7, 11) is 1.63. The number of nitrogens with one attached hydrogen (secondary N) is 2. The van der Waals surface area contributed by atoms with E-state index >= 15 is 0 Å². The maximum atomic E-state index is 5.32. The molecule has 0 aliphatic rings. The van der Waals surface area contributed by atoms with Crippen molar-refractivity contribution in [3.05, 3.63) is 65.9 Å². The molecule has 0 spiro atoms. The molecule has 0 unspecified atom stereocenters. The molecule has 0 amide bonds. The number of anilines is 3. The predicted octanol–water partition coefficient (Wildman–Crippen LogP) is 3.54. The highest BCUT2D eigenvalue weighted by Gasteiger charge is 2.05. The Bertz CT molecular complexity index is 822. The summed E-state index contributed by atoms with van der Waals surface area (Å²) in [6.45, 7) is 2.71. The highest BCUT2D eigenvalue weighted by atomic mass is 16.5. The second-order valence-electron chi connectivity index (χ2n) is 5.33. The number of nitrogens with zero attached hydrogens (tertiary/aromatic N) is 3. The van der Waals surface area contributed by atoms with Crippen molar-refractivity contribution in [1.82, 2.24) is 15.2 Å². The maximum absolute atomic E-state index is 5.32. The molecule has 0 radical (unpaired) electrons. The number of aryl methyl sites for hydroxylation is 1. The fraction of sp³-hybridized carbons (Fsp3) is 0.167. The zero-order valence-corrected chi connectivity index (χ0v) is 13.7. The zero-order chi connectivity index (χ0) is 16.8. The minimum absolute atomic E-state index is 0.469. The summed E-state index contributed by atoms with van der Waals surface area (Å²) in [4.78, 5) is 4.43. The average molecular weight is 321 g/mol. The molecule has 0 atom stereocenters. The predicted molar refractivity (Wildman–Crippen MR) is 94.6 cm³/mol. The third-order valence-electron chi connectivity index (χ3n) is 3.46. The fourth-order valence-electron chi connectivity index (χ4n) is 2.33. The number of hydrogen-bond acceptors (Lipinski definition) is 6. The Hall–Kier alpha value is -3.15. The lowest BCUT2D eigenvalue weighted by atomic mass is 10.1. The van der Waals surface area contributed by atoms with Gasteiger partial charge in [0.1, 0.15) is 5.75 Å². The quantitative estimate of drug-likeness (QED) is 0.723. The number of hydrogen-bond donors (Lipinski definition) is 2. The highest BCUT2D eigenvalue weighted by Crippen LogP contribution is 2.25. The van der Waals surface area contributed by atoms with Crippen LogP contribution in [-0.4, -0.2) is 22.3 Å². The Balaban J connectivity index is 1.70. The van der Waals surface area contributed by atoms with Gasteiger partial charge in [-0.15, -0.1) is 5.10 Å². The van der Waals surface area contributed by atoms with Gasteiger partial charge in [-0.1, -0.05) is 42.0 Å². The van der Waals surface area contributed by atoms with Crippen molar-refractivity contribution in [1.29, 1.82) is 0 Å². The Morgan fingerprint density at radius 1 is 1.08 bits per heavy atom. The van der Waals surface area contributed by atoms with Gasteiger partial charge in [-0.3, -0.25) is 0 Å². The molecule has 0 aliphatic carbocycles. The van der Waals surface area contributed by atoms with E-state index in [1.807, 2.05) is 30.3 Å². The minimum Gasteiger partial charge on any atom is -0.495 e. The maximum Gasteiger partial charge on any atom is 0.244 e. The number of para-hydroxylation sites is 2. The second kappa shape index (κ2) is 7.41. The summed E-state index contributed by atoms with van der Waals surface area (Å²) < 4.78 is 5.32. The molecular formula is C18H19N5O.